The Bertz CT molecular complexity index is 438. The highest BCUT2D eigenvalue weighted by Gasteiger charge is 2.14. The molecular weight excluding hydrogens is 234 g/mol. The zero-order valence-electron chi connectivity index (χ0n) is 10.9. The number of aromatic nitrogens is 2. The fourth-order valence-electron chi connectivity index (χ4n) is 1.51. The molecule has 1 heterocycles. The highest BCUT2D eigenvalue weighted by Crippen LogP contribution is 2.06. The molecule has 0 aliphatic rings. The van der Waals surface area contributed by atoms with Gasteiger partial charge in [0.25, 0.3) is 0 Å². The molecule has 0 bridgehead atoms. The number of carboxylic acid groups (broad SMARTS) is 1. The van der Waals surface area contributed by atoms with Gasteiger partial charge in [0.15, 0.2) is 0 Å². The zero-order valence-corrected chi connectivity index (χ0v) is 10.9. The molecular formula is C12H19N3O3. The van der Waals surface area contributed by atoms with Gasteiger partial charge in [0.1, 0.15) is 12.1 Å². The Labute approximate surface area is 106 Å². The molecule has 0 saturated carbocycles. The van der Waals surface area contributed by atoms with E-state index in [0.717, 1.165) is 6.42 Å². The summed E-state index contributed by atoms with van der Waals surface area (Å²) < 4.78 is 1.40. The van der Waals surface area contributed by atoms with Crippen molar-refractivity contribution in [2.24, 2.45) is 5.92 Å². The summed E-state index contributed by atoms with van der Waals surface area (Å²) in [5.74, 6) is -0.645. The molecule has 0 aliphatic carbocycles. The molecule has 0 fully saturated rings. The summed E-state index contributed by atoms with van der Waals surface area (Å²) in [7, 11) is 0. The first-order valence-electron chi connectivity index (χ1n) is 5.94. The van der Waals surface area contributed by atoms with Gasteiger partial charge in [-0.15, -0.1) is 0 Å². The molecule has 0 atom stereocenters. The van der Waals surface area contributed by atoms with Crippen molar-refractivity contribution in [1.29, 1.82) is 0 Å². The van der Waals surface area contributed by atoms with Gasteiger partial charge in [-0.3, -0.25) is 9.48 Å². The second-order valence-electron chi connectivity index (χ2n) is 4.64. The van der Waals surface area contributed by atoms with E-state index in [9.17, 15) is 9.59 Å². The Balaban J connectivity index is 2.52. The molecule has 6 heteroatoms. The van der Waals surface area contributed by atoms with Gasteiger partial charge in [-0.2, -0.15) is 5.10 Å². The van der Waals surface area contributed by atoms with E-state index in [1.807, 2.05) is 0 Å². The van der Waals surface area contributed by atoms with E-state index in [1.165, 1.54) is 10.9 Å². The number of amides is 1. The SMILES string of the molecule is Cc1c(C(=O)O)cnn1CC(=O)NCCC(C)C. The average molecular weight is 253 g/mol. The predicted octanol–water partition coefficient (Wildman–Crippen LogP) is 1.05. The maximum atomic E-state index is 11.6. The fourth-order valence-corrected chi connectivity index (χ4v) is 1.51. The number of hydrogen-bond donors (Lipinski definition) is 2. The van der Waals surface area contributed by atoms with Crippen LogP contribution >= 0.6 is 0 Å². The third-order valence-electron chi connectivity index (χ3n) is 2.67. The first-order valence-corrected chi connectivity index (χ1v) is 5.94. The van der Waals surface area contributed by atoms with Crippen LogP contribution in [0, 0.1) is 12.8 Å². The molecule has 0 spiro atoms. The van der Waals surface area contributed by atoms with Crippen molar-refractivity contribution >= 4 is 11.9 Å². The van der Waals surface area contributed by atoms with Gasteiger partial charge < -0.3 is 10.4 Å². The smallest absolute Gasteiger partial charge is 0.339 e. The van der Waals surface area contributed by atoms with Crippen LogP contribution in [0.3, 0.4) is 0 Å². The van der Waals surface area contributed by atoms with E-state index in [1.54, 1.807) is 6.92 Å². The minimum absolute atomic E-state index is 0.0528. The number of carbonyl (C=O) groups is 2. The van der Waals surface area contributed by atoms with Gasteiger partial charge in [0, 0.05) is 6.54 Å². The number of carbonyl (C=O) groups excluding carboxylic acids is 1. The molecule has 1 amide bonds. The fraction of sp³-hybridized carbons (Fsp3) is 0.583. The lowest BCUT2D eigenvalue weighted by Crippen LogP contribution is -2.29. The maximum absolute atomic E-state index is 11.6. The Hall–Kier alpha value is -1.85. The average Bonchev–Trinajstić information content (AvgIpc) is 2.60. The van der Waals surface area contributed by atoms with Gasteiger partial charge >= 0.3 is 5.97 Å². The Kier molecular flexibility index (Phi) is 4.88. The van der Waals surface area contributed by atoms with E-state index in [2.05, 4.69) is 24.3 Å². The second-order valence-corrected chi connectivity index (χ2v) is 4.64. The van der Waals surface area contributed by atoms with Crippen LogP contribution in [0.15, 0.2) is 6.20 Å². The summed E-state index contributed by atoms with van der Waals surface area (Å²) in [5, 5.41) is 15.5. The van der Waals surface area contributed by atoms with Crippen LogP contribution in [0.2, 0.25) is 0 Å². The molecule has 1 aromatic heterocycles. The lowest BCUT2D eigenvalue weighted by molar-refractivity contribution is -0.121. The summed E-state index contributed by atoms with van der Waals surface area (Å²) in [6.07, 6.45) is 2.18. The van der Waals surface area contributed by atoms with Crippen LogP contribution < -0.4 is 5.32 Å². The van der Waals surface area contributed by atoms with E-state index in [-0.39, 0.29) is 18.0 Å². The molecule has 2 N–H and O–H groups in total. The lowest BCUT2D eigenvalue weighted by Gasteiger charge is -2.08. The van der Waals surface area contributed by atoms with Gasteiger partial charge in [0.2, 0.25) is 5.91 Å². The number of rotatable bonds is 6. The first-order chi connectivity index (χ1) is 8.41. The van der Waals surface area contributed by atoms with Gasteiger partial charge in [0.05, 0.1) is 11.9 Å². The zero-order chi connectivity index (χ0) is 13.7. The summed E-state index contributed by atoms with van der Waals surface area (Å²) >= 11 is 0. The molecule has 0 radical (unpaired) electrons. The summed E-state index contributed by atoms with van der Waals surface area (Å²) in [5.41, 5.74) is 0.617. The third-order valence-corrected chi connectivity index (χ3v) is 2.67. The maximum Gasteiger partial charge on any atom is 0.339 e. The van der Waals surface area contributed by atoms with E-state index in [4.69, 9.17) is 5.11 Å². The highest BCUT2D eigenvalue weighted by atomic mass is 16.4. The summed E-state index contributed by atoms with van der Waals surface area (Å²) in [4.78, 5) is 22.4. The minimum Gasteiger partial charge on any atom is -0.478 e. The van der Waals surface area contributed by atoms with Gasteiger partial charge in [-0.25, -0.2) is 4.79 Å². The van der Waals surface area contributed by atoms with Crippen molar-refractivity contribution in [2.75, 3.05) is 6.54 Å². The highest BCUT2D eigenvalue weighted by molar-refractivity contribution is 5.88. The van der Waals surface area contributed by atoms with Crippen molar-refractivity contribution in [2.45, 2.75) is 33.7 Å². The Morgan fingerprint density at radius 1 is 1.50 bits per heavy atom. The third kappa shape index (κ3) is 3.87. The van der Waals surface area contributed by atoms with Crippen LogP contribution in [0.4, 0.5) is 0 Å². The van der Waals surface area contributed by atoms with Crippen LogP contribution in [0.1, 0.15) is 36.3 Å². The number of carboxylic acids is 1. The Morgan fingerprint density at radius 3 is 2.67 bits per heavy atom. The molecule has 18 heavy (non-hydrogen) atoms. The molecule has 0 aliphatic heterocycles. The Morgan fingerprint density at radius 2 is 2.17 bits per heavy atom. The van der Waals surface area contributed by atoms with Crippen molar-refractivity contribution in [3.63, 3.8) is 0 Å². The van der Waals surface area contributed by atoms with Crippen LogP contribution in [-0.4, -0.2) is 33.3 Å². The lowest BCUT2D eigenvalue weighted by atomic mass is 10.1. The normalized spacial score (nSPS) is 10.7. The van der Waals surface area contributed by atoms with Crippen LogP contribution in [-0.2, 0) is 11.3 Å². The quantitative estimate of drug-likeness (QED) is 0.793. The van der Waals surface area contributed by atoms with Crippen molar-refractivity contribution < 1.29 is 14.7 Å². The van der Waals surface area contributed by atoms with E-state index < -0.39 is 5.97 Å². The predicted molar refractivity (Wildman–Crippen MR) is 66.4 cm³/mol. The number of hydrogen-bond acceptors (Lipinski definition) is 3. The van der Waals surface area contributed by atoms with Gasteiger partial charge in [-0.1, -0.05) is 13.8 Å². The number of nitrogens with one attached hydrogen (secondary N) is 1. The molecule has 1 rings (SSSR count). The summed E-state index contributed by atoms with van der Waals surface area (Å²) in [6, 6.07) is 0. The summed E-state index contributed by atoms with van der Waals surface area (Å²) in [6.45, 7) is 6.49. The monoisotopic (exact) mass is 253 g/mol. The van der Waals surface area contributed by atoms with Gasteiger partial charge in [-0.05, 0) is 19.3 Å². The largest absolute Gasteiger partial charge is 0.478 e. The number of nitrogens with zero attached hydrogens (tertiary/aromatic N) is 2. The van der Waals surface area contributed by atoms with Crippen molar-refractivity contribution in [1.82, 2.24) is 15.1 Å². The minimum atomic E-state index is -1.03. The van der Waals surface area contributed by atoms with Crippen molar-refractivity contribution in [3.8, 4) is 0 Å². The van der Waals surface area contributed by atoms with E-state index in [0.29, 0.717) is 18.2 Å². The topological polar surface area (TPSA) is 84.2 Å². The molecule has 0 unspecified atom stereocenters. The molecule has 0 aromatic carbocycles. The standard InChI is InChI=1S/C12H19N3O3/c1-8(2)4-5-13-11(16)7-15-9(3)10(6-14-15)12(17)18/h6,8H,4-5,7H2,1-3H3,(H,13,16)(H,17,18). The molecule has 100 valence electrons. The first kappa shape index (κ1) is 14.2. The molecule has 0 saturated heterocycles. The second kappa shape index (κ2) is 6.18. The molecule has 1 aromatic rings. The molecule has 6 nitrogen and oxygen atoms in total. The van der Waals surface area contributed by atoms with Crippen LogP contribution in [0.25, 0.3) is 0 Å². The number of aromatic carboxylic acids is 1. The van der Waals surface area contributed by atoms with Crippen molar-refractivity contribution in [3.05, 3.63) is 17.5 Å². The van der Waals surface area contributed by atoms with E-state index >= 15 is 0 Å². The van der Waals surface area contributed by atoms with Crippen LogP contribution in [0.5, 0.6) is 0 Å².